The number of nitrogens with one attached hydrogen (secondary N) is 2. The lowest BCUT2D eigenvalue weighted by Crippen LogP contribution is -2.37. The molecule has 0 radical (unpaired) electrons. The van der Waals surface area contributed by atoms with Crippen molar-refractivity contribution in [1.82, 2.24) is 10.6 Å². The predicted octanol–water partition coefficient (Wildman–Crippen LogP) is 1.83. The van der Waals surface area contributed by atoms with Gasteiger partial charge in [0.25, 0.3) is 0 Å². The topological polar surface area (TPSA) is 102 Å². The van der Waals surface area contributed by atoms with E-state index in [1.165, 1.54) is 0 Å². The standard InChI is InChI=1S/C16H15N3O3/c17-7-8-18-15(20)14(10-19-16(21)22)13-6-5-11-3-1-2-4-12(11)9-13/h1-6,9,14,19H,8,10H2,(H,18,20)(H,21,22). The molecule has 0 saturated heterocycles. The number of hydrogen-bond donors (Lipinski definition) is 3. The summed E-state index contributed by atoms with van der Waals surface area (Å²) in [6.07, 6.45) is -1.20. The van der Waals surface area contributed by atoms with E-state index in [-0.39, 0.29) is 19.0 Å². The number of carbonyl (C=O) groups excluding carboxylic acids is 1. The highest BCUT2D eigenvalue weighted by molar-refractivity contribution is 5.88. The Labute approximate surface area is 127 Å². The van der Waals surface area contributed by atoms with Gasteiger partial charge in [0.15, 0.2) is 0 Å². The van der Waals surface area contributed by atoms with E-state index in [0.29, 0.717) is 5.56 Å². The van der Waals surface area contributed by atoms with Gasteiger partial charge in [-0.25, -0.2) is 4.79 Å². The van der Waals surface area contributed by atoms with Crippen molar-refractivity contribution in [3.8, 4) is 6.07 Å². The smallest absolute Gasteiger partial charge is 0.404 e. The van der Waals surface area contributed by atoms with Gasteiger partial charge in [-0.1, -0.05) is 42.5 Å². The molecule has 0 spiro atoms. The summed E-state index contributed by atoms with van der Waals surface area (Å²) in [6.45, 7) is -0.166. The van der Waals surface area contributed by atoms with Crippen LogP contribution in [0.5, 0.6) is 0 Å². The summed E-state index contributed by atoms with van der Waals surface area (Å²) in [5.74, 6) is -1.07. The number of fused-ring (bicyclic) bond motifs is 1. The van der Waals surface area contributed by atoms with Gasteiger partial charge in [-0.3, -0.25) is 4.79 Å². The van der Waals surface area contributed by atoms with Crippen molar-refractivity contribution >= 4 is 22.8 Å². The second kappa shape index (κ2) is 7.09. The molecule has 0 fully saturated rings. The maximum Gasteiger partial charge on any atom is 0.404 e. The van der Waals surface area contributed by atoms with Crippen LogP contribution in [0.4, 0.5) is 4.79 Å². The van der Waals surface area contributed by atoms with E-state index in [1.54, 1.807) is 6.07 Å². The van der Waals surface area contributed by atoms with Crippen LogP contribution in [-0.4, -0.2) is 30.2 Å². The number of nitriles is 1. The zero-order valence-corrected chi connectivity index (χ0v) is 11.7. The van der Waals surface area contributed by atoms with E-state index in [9.17, 15) is 9.59 Å². The van der Waals surface area contributed by atoms with Crippen LogP contribution in [0.15, 0.2) is 42.5 Å². The molecule has 0 aromatic heterocycles. The van der Waals surface area contributed by atoms with Crippen molar-refractivity contribution in [1.29, 1.82) is 5.26 Å². The van der Waals surface area contributed by atoms with Crippen LogP contribution in [0.3, 0.4) is 0 Å². The number of hydrogen-bond acceptors (Lipinski definition) is 3. The fraction of sp³-hybridized carbons (Fsp3) is 0.188. The Kier molecular flexibility index (Phi) is 4.94. The highest BCUT2D eigenvalue weighted by Crippen LogP contribution is 2.22. The lowest BCUT2D eigenvalue weighted by molar-refractivity contribution is -0.122. The first-order chi connectivity index (χ1) is 10.6. The van der Waals surface area contributed by atoms with E-state index in [1.807, 2.05) is 42.5 Å². The Balaban J connectivity index is 2.30. The summed E-state index contributed by atoms with van der Waals surface area (Å²) < 4.78 is 0. The highest BCUT2D eigenvalue weighted by atomic mass is 16.4. The molecule has 2 amide bonds. The molecule has 0 aliphatic heterocycles. The molecule has 2 rings (SSSR count). The zero-order valence-electron chi connectivity index (χ0n) is 11.7. The third kappa shape index (κ3) is 3.73. The summed E-state index contributed by atoms with van der Waals surface area (Å²) >= 11 is 0. The maximum absolute atomic E-state index is 12.2. The first kappa shape index (κ1) is 15.3. The monoisotopic (exact) mass is 297 g/mol. The largest absolute Gasteiger partial charge is 0.465 e. The van der Waals surface area contributed by atoms with Gasteiger partial charge in [-0.05, 0) is 16.3 Å². The quantitative estimate of drug-likeness (QED) is 0.733. The maximum atomic E-state index is 12.2. The van der Waals surface area contributed by atoms with Gasteiger partial charge in [0.1, 0.15) is 6.54 Å². The molecular formula is C16H15N3O3. The minimum absolute atomic E-state index is 0.0507. The third-order valence-electron chi connectivity index (χ3n) is 3.29. The van der Waals surface area contributed by atoms with Crippen molar-refractivity contribution in [2.24, 2.45) is 0 Å². The Bertz CT molecular complexity index is 737. The summed E-state index contributed by atoms with van der Waals surface area (Å²) in [4.78, 5) is 22.8. The Morgan fingerprint density at radius 1 is 1.14 bits per heavy atom. The van der Waals surface area contributed by atoms with E-state index >= 15 is 0 Å². The van der Waals surface area contributed by atoms with Crippen LogP contribution in [0.25, 0.3) is 10.8 Å². The molecule has 0 saturated carbocycles. The Morgan fingerprint density at radius 2 is 1.86 bits per heavy atom. The number of amides is 2. The van der Waals surface area contributed by atoms with E-state index in [0.717, 1.165) is 10.8 Å². The van der Waals surface area contributed by atoms with Crippen LogP contribution in [-0.2, 0) is 4.79 Å². The minimum Gasteiger partial charge on any atom is -0.465 e. The van der Waals surface area contributed by atoms with Gasteiger partial charge in [-0.2, -0.15) is 5.26 Å². The van der Waals surface area contributed by atoms with Crippen LogP contribution in [0.1, 0.15) is 11.5 Å². The molecule has 0 aliphatic carbocycles. The number of carbonyl (C=O) groups is 2. The molecule has 112 valence electrons. The third-order valence-corrected chi connectivity index (χ3v) is 3.29. The second-order valence-electron chi connectivity index (χ2n) is 4.72. The Hall–Kier alpha value is -3.07. The van der Waals surface area contributed by atoms with Gasteiger partial charge < -0.3 is 15.7 Å². The first-order valence-corrected chi connectivity index (χ1v) is 6.72. The Morgan fingerprint density at radius 3 is 2.55 bits per heavy atom. The van der Waals surface area contributed by atoms with Crippen molar-refractivity contribution in [2.75, 3.05) is 13.1 Å². The fourth-order valence-corrected chi connectivity index (χ4v) is 2.23. The summed E-state index contributed by atoms with van der Waals surface area (Å²) in [5.41, 5.74) is 0.697. The lowest BCUT2D eigenvalue weighted by atomic mass is 9.95. The second-order valence-corrected chi connectivity index (χ2v) is 4.72. The summed E-state index contributed by atoms with van der Waals surface area (Å²) in [6, 6.07) is 15.1. The number of benzene rings is 2. The van der Waals surface area contributed by atoms with Crippen molar-refractivity contribution < 1.29 is 14.7 Å². The SMILES string of the molecule is N#CCNC(=O)C(CNC(=O)O)c1ccc2ccccc2c1. The van der Waals surface area contributed by atoms with E-state index in [2.05, 4.69) is 10.6 Å². The lowest BCUT2D eigenvalue weighted by Gasteiger charge is -2.17. The van der Waals surface area contributed by atoms with Crippen LogP contribution >= 0.6 is 0 Å². The molecule has 3 N–H and O–H groups in total. The molecule has 1 unspecified atom stereocenters. The fourth-order valence-electron chi connectivity index (χ4n) is 2.23. The predicted molar refractivity (Wildman–Crippen MR) is 81.3 cm³/mol. The van der Waals surface area contributed by atoms with Gasteiger partial charge in [0, 0.05) is 6.54 Å². The van der Waals surface area contributed by atoms with Crippen LogP contribution < -0.4 is 10.6 Å². The van der Waals surface area contributed by atoms with Crippen LogP contribution in [0, 0.1) is 11.3 Å². The first-order valence-electron chi connectivity index (χ1n) is 6.72. The summed E-state index contributed by atoms with van der Waals surface area (Å²) in [5, 5.41) is 24.0. The van der Waals surface area contributed by atoms with Gasteiger partial charge >= 0.3 is 6.09 Å². The molecule has 2 aromatic carbocycles. The molecule has 6 heteroatoms. The molecule has 2 aromatic rings. The summed E-state index contributed by atoms with van der Waals surface area (Å²) in [7, 11) is 0. The molecule has 6 nitrogen and oxygen atoms in total. The highest BCUT2D eigenvalue weighted by Gasteiger charge is 2.21. The normalized spacial score (nSPS) is 11.4. The van der Waals surface area contributed by atoms with Crippen LogP contribution in [0.2, 0.25) is 0 Å². The molecule has 1 atom stereocenters. The molecule has 0 bridgehead atoms. The van der Waals surface area contributed by atoms with Gasteiger partial charge in [-0.15, -0.1) is 0 Å². The average Bonchev–Trinajstić information content (AvgIpc) is 2.52. The van der Waals surface area contributed by atoms with Crippen molar-refractivity contribution in [2.45, 2.75) is 5.92 Å². The molecule has 0 aliphatic rings. The van der Waals surface area contributed by atoms with E-state index < -0.39 is 12.0 Å². The van der Waals surface area contributed by atoms with Gasteiger partial charge in [0.2, 0.25) is 5.91 Å². The molecule has 0 heterocycles. The van der Waals surface area contributed by atoms with Crippen molar-refractivity contribution in [3.63, 3.8) is 0 Å². The zero-order chi connectivity index (χ0) is 15.9. The number of rotatable bonds is 5. The van der Waals surface area contributed by atoms with Crippen molar-refractivity contribution in [3.05, 3.63) is 48.0 Å². The minimum atomic E-state index is -1.20. The van der Waals surface area contributed by atoms with Gasteiger partial charge in [0.05, 0.1) is 12.0 Å². The number of nitrogens with zero attached hydrogens (tertiary/aromatic N) is 1. The molecular weight excluding hydrogens is 282 g/mol. The molecule has 22 heavy (non-hydrogen) atoms. The number of carboxylic acid groups (broad SMARTS) is 1. The van der Waals surface area contributed by atoms with E-state index in [4.69, 9.17) is 10.4 Å². The average molecular weight is 297 g/mol.